The quantitative estimate of drug-likeness (QED) is 0.774. The van der Waals surface area contributed by atoms with E-state index in [9.17, 15) is 4.79 Å². The van der Waals surface area contributed by atoms with Gasteiger partial charge in [0.25, 0.3) is 5.91 Å². The van der Waals surface area contributed by atoms with Crippen molar-refractivity contribution < 1.29 is 4.79 Å². The zero-order chi connectivity index (χ0) is 12.5. The summed E-state index contributed by atoms with van der Waals surface area (Å²) in [6.07, 6.45) is 0. The molecule has 3 rings (SSSR count). The topological polar surface area (TPSA) is 41.1 Å². The van der Waals surface area contributed by atoms with Gasteiger partial charge in [0, 0.05) is 3.57 Å². The molecule has 1 unspecified atom stereocenters. The summed E-state index contributed by atoms with van der Waals surface area (Å²) >= 11 is 2.23. The van der Waals surface area contributed by atoms with E-state index in [0.717, 1.165) is 20.5 Å². The van der Waals surface area contributed by atoms with Crippen molar-refractivity contribution in [3.8, 4) is 0 Å². The van der Waals surface area contributed by atoms with Crippen LogP contribution in [-0.2, 0) is 4.79 Å². The van der Waals surface area contributed by atoms with Crippen LogP contribution in [0.25, 0.3) is 0 Å². The SMILES string of the molecule is O=C1Nc2cc(I)ccc2NC1c1ccccc1. The van der Waals surface area contributed by atoms with E-state index in [1.54, 1.807) is 0 Å². The fourth-order valence-corrected chi connectivity index (χ4v) is 2.54. The largest absolute Gasteiger partial charge is 0.368 e. The molecule has 0 saturated carbocycles. The van der Waals surface area contributed by atoms with Crippen LogP contribution in [0.5, 0.6) is 0 Å². The lowest BCUT2D eigenvalue weighted by molar-refractivity contribution is -0.117. The Hall–Kier alpha value is -1.56. The maximum absolute atomic E-state index is 12.1. The molecule has 2 aromatic carbocycles. The zero-order valence-corrected chi connectivity index (χ0v) is 11.6. The first-order chi connectivity index (χ1) is 8.74. The summed E-state index contributed by atoms with van der Waals surface area (Å²) < 4.78 is 1.10. The minimum Gasteiger partial charge on any atom is -0.368 e. The van der Waals surface area contributed by atoms with Crippen molar-refractivity contribution in [2.75, 3.05) is 10.6 Å². The Morgan fingerprint density at radius 3 is 2.56 bits per heavy atom. The monoisotopic (exact) mass is 350 g/mol. The first kappa shape index (κ1) is 11.5. The summed E-state index contributed by atoms with van der Waals surface area (Å²) in [7, 11) is 0. The van der Waals surface area contributed by atoms with E-state index in [0.29, 0.717) is 0 Å². The Kier molecular flexibility index (Phi) is 2.95. The highest BCUT2D eigenvalue weighted by atomic mass is 127. The highest BCUT2D eigenvalue weighted by Gasteiger charge is 2.26. The minimum absolute atomic E-state index is 0.0179. The van der Waals surface area contributed by atoms with Crippen LogP contribution < -0.4 is 10.6 Å². The van der Waals surface area contributed by atoms with E-state index in [2.05, 4.69) is 33.2 Å². The molecule has 0 bridgehead atoms. The van der Waals surface area contributed by atoms with Crippen molar-refractivity contribution in [3.05, 3.63) is 57.7 Å². The fourth-order valence-electron chi connectivity index (χ4n) is 2.05. The molecule has 90 valence electrons. The summed E-state index contributed by atoms with van der Waals surface area (Å²) in [5.41, 5.74) is 2.78. The van der Waals surface area contributed by atoms with Crippen LogP contribution in [0.3, 0.4) is 0 Å². The molecular formula is C14H11IN2O. The number of hydrogen-bond donors (Lipinski definition) is 2. The molecule has 1 aliphatic rings. The molecule has 0 saturated heterocycles. The summed E-state index contributed by atoms with van der Waals surface area (Å²) in [5.74, 6) is -0.0179. The summed E-state index contributed by atoms with van der Waals surface area (Å²) in [5, 5.41) is 6.22. The van der Waals surface area contributed by atoms with Crippen LogP contribution >= 0.6 is 22.6 Å². The third kappa shape index (κ3) is 2.08. The number of nitrogens with one attached hydrogen (secondary N) is 2. The number of fused-ring (bicyclic) bond motifs is 1. The number of rotatable bonds is 1. The molecular weight excluding hydrogens is 339 g/mol. The minimum atomic E-state index is -0.321. The van der Waals surface area contributed by atoms with Crippen molar-refractivity contribution in [1.82, 2.24) is 0 Å². The molecule has 0 fully saturated rings. The van der Waals surface area contributed by atoms with Gasteiger partial charge in [-0.05, 0) is 46.4 Å². The molecule has 3 nitrogen and oxygen atoms in total. The third-order valence-corrected chi connectivity index (χ3v) is 3.61. The first-order valence-corrected chi connectivity index (χ1v) is 6.74. The maximum atomic E-state index is 12.1. The highest BCUT2D eigenvalue weighted by molar-refractivity contribution is 14.1. The van der Waals surface area contributed by atoms with Gasteiger partial charge in [0.1, 0.15) is 6.04 Å². The number of amides is 1. The van der Waals surface area contributed by atoms with Gasteiger partial charge < -0.3 is 10.6 Å². The van der Waals surface area contributed by atoms with Gasteiger partial charge in [-0.15, -0.1) is 0 Å². The van der Waals surface area contributed by atoms with Gasteiger partial charge in [0.2, 0.25) is 0 Å². The van der Waals surface area contributed by atoms with Crippen molar-refractivity contribution >= 4 is 39.9 Å². The molecule has 1 heterocycles. The Labute approximate surface area is 119 Å². The number of carbonyl (C=O) groups is 1. The fraction of sp³-hybridized carbons (Fsp3) is 0.0714. The molecule has 0 spiro atoms. The van der Waals surface area contributed by atoms with Crippen LogP contribution in [-0.4, -0.2) is 5.91 Å². The first-order valence-electron chi connectivity index (χ1n) is 5.66. The lowest BCUT2D eigenvalue weighted by Crippen LogP contribution is -2.31. The van der Waals surface area contributed by atoms with Crippen LogP contribution in [0.4, 0.5) is 11.4 Å². The van der Waals surface area contributed by atoms with Gasteiger partial charge in [-0.3, -0.25) is 4.79 Å². The lowest BCUT2D eigenvalue weighted by Gasteiger charge is -2.27. The van der Waals surface area contributed by atoms with Crippen LogP contribution in [0, 0.1) is 3.57 Å². The van der Waals surface area contributed by atoms with Crippen LogP contribution in [0.2, 0.25) is 0 Å². The predicted octanol–water partition coefficient (Wildman–Crippen LogP) is 3.40. The van der Waals surface area contributed by atoms with E-state index in [-0.39, 0.29) is 11.9 Å². The summed E-state index contributed by atoms with van der Waals surface area (Å²) in [4.78, 5) is 12.1. The predicted molar refractivity (Wildman–Crippen MR) is 80.6 cm³/mol. The Bertz CT molecular complexity index is 598. The average molecular weight is 350 g/mol. The Morgan fingerprint density at radius 1 is 1.00 bits per heavy atom. The van der Waals surface area contributed by atoms with E-state index in [1.807, 2.05) is 48.5 Å². The number of carbonyl (C=O) groups excluding carboxylic acids is 1. The molecule has 4 heteroatoms. The van der Waals surface area contributed by atoms with Gasteiger partial charge in [0.15, 0.2) is 0 Å². The van der Waals surface area contributed by atoms with Crippen molar-refractivity contribution in [2.24, 2.45) is 0 Å². The van der Waals surface area contributed by atoms with Crippen molar-refractivity contribution in [3.63, 3.8) is 0 Å². The normalized spacial score (nSPS) is 17.6. The summed E-state index contributed by atoms with van der Waals surface area (Å²) in [6.45, 7) is 0. The smallest absolute Gasteiger partial charge is 0.251 e. The number of benzene rings is 2. The van der Waals surface area contributed by atoms with E-state index in [4.69, 9.17) is 0 Å². The molecule has 0 radical (unpaired) electrons. The lowest BCUT2D eigenvalue weighted by atomic mass is 10.0. The molecule has 2 N–H and O–H groups in total. The van der Waals surface area contributed by atoms with Gasteiger partial charge >= 0.3 is 0 Å². The van der Waals surface area contributed by atoms with Gasteiger partial charge in [-0.1, -0.05) is 30.3 Å². The summed E-state index contributed by atoms with van der Waals surface area (Å²) in [6, 6.07) is 15.4. The third-order valence-electron chi connectivity index (χ3n) is 2.93. The van der Waals surface area contributed by atoms with Crippen LogP contribution in [0.1, 0.15) is 11.6 Å². The average Bonchev–Trinajstić information content (AvgIpc) is 2.39. The Morgan fingerprint density at radius 2 is 1.78 bits per heavy atom. The van der Waals surface area contributed by atoms with Crippen molar-refractivity contribution in [2.45, 2.75) is 6.04 Å². The van der Waals surface area contributed by atoms with E-state index < -0.39 is 0 Å². The van der Waals surface area contributed by atoms with E-state index >= 15 is 0 Å². The molecule has 0 aromatic heterocycles. The second-order valence-corrected chi connectivity index (χ2v) is 5.41. The zero-order valence-electron chi connectivity index (χ0n) is 9.48. The molecule has 1 amide bonds. The highest BCUT2D eigenvalue weighted by Crippen LogP contribution is 2.33. The second kappa shape index (κ2) is 4.61. The molecule has 1 aliphatic heterocycles. The van der Waals surface area contributed by atoms with Crippen molar-refractivity contribution in [1.29, 1.82) is 0 Å². The van der Waals surface area contributed by atoms with Gasteiger partial charge in [-0.2, -0.15) is 0 Å². The number of halogens is 1. The molecule has 0 aliphatic carbocycles. The standard InChI is InChI=1S/C14H11IN2O/c15-10-6-7-11-12(8-10)17-14(18)13(16-11)9-4-2-1-3-5-9/h1-8,13,16H,(H,17,18). The number of hydrogen-bond acceptors (Lipinski definition) is 2. The Balaban J connectivity index is 1.97. The maximum Gasteiger partial charge on any atom is 0.251 e. The van der Waals surface area contributed by atoms with Crippen LogP contribution in [0.15, 0.2) is 48.5 Å². The van der Waals surface area contributed by atoms with E-state index in [1.165, 1.54) is 0 Å². The molecule has 1 atom stereocenters. The van der Waals surface area contributed by atoms with Gasteiger partial charge in [-0.25, -0.2) is 0 Å². The second-order valence-electron chi connectivity index (χ2n) is 4.17. The molecule has 2 aromatic rings. The molecule has 18 heavy (non-hydrogen) atoms. The number of anilines is 2. The van der Waals surface area contributed by atoms with Gasteiger partial charge in [0.05, 0.1) is 11.4 Å².